The molecule has 4 aliphatic heterocycles. The lowest BCUT2D eigenvalue weighted by atomic mass is 9.83. The number of benzene rings is 7. The van der Waals surface area contributed by atoms with E-state index in [1.807, 2.05) is 91.0 Å². The van der Waals surface area contributed by atoms with Gasteiger partial charge in [0.15, 0.2) is 23.1 Å². The van der Waals surface area contributed by atoms with Gasteiger partial charge in [0.05, 0.1) is 59.5 Å². The fourth-order valence-corrected chi connectivity index (χ4v) is 11.0. The molecule has 0 amide bonds. The lowest BCUT2D eigenvalue weighted by molar-refractivity contribution is -0.353. The van der Waals surface area contributed by atoms with Crippen molar-refractivity contribution in [2.75, 3.05) is 39.6 Å². The molecule has 5 N–H and O–H groups in total. The van der Waals surface area contributed by atoms with Crippen molar-refractivity contribution in [2.45, 2.75) is 106 Å². The van der Waals surface area contributed by atoms with Gasteiger partial charge in [-0.3, -0.25) is 0 Å². The van der Waals surface area contributed by atoms with Crippen LogP contribution in [0, 0.1) is 11.6 Å². The van der Waals surface area contributed by atoms with Crippen molar-refractivity contribution in [3.05, 3.63) is 236 Å². The molecule has 0 saturated carbocycles. The van der Waals surface area contributed by atoms with Gasteiger partial charge in [0.25, 0.3) is 0 Å². The molecule has 7 aromatic carbocycles. The predicted molar refractivity (Wildman–Crippen MR) is 304 cm³/mol. The second-order valence-corrected chi connectivity index (χ2v) is 21.2. The molecule has 11 rings (SSSR count). The Morgan fingerprint density at radius 2 is 0.952 bits per heavy atom. The third-order valence-corrected chi connectivity index (χ3v) is 15.6. The average Bonchev–Trinajstić information content (AvgIpc) is 1.63. The first-order valence-electron chi connectivity index (χ1n) is 29.1. The van der Waals surface area contributed by atoms with Gasteiger partial charge in [0, 0.05) is 26.7 Å². The van der Waals surface area contributed by atoms with Gasteiger partial charge in [-0.25, -0.2) is 8.78 Å². The fraction of sp³-hybridized carbons (Fsp3) is 0.354. The molecule has 4 saturated heterocycles. The van der Waals surface area contributed by atoms with Crippen LogP contribution in [0.15, 0.2) is 164 Å². The lowest BCUT2D eigenvalue weighted by Crippen LogP contribution is -2.67. The minimum atomic E-state index is -2.28. The number of hydrogen-bond acceptors (Lipinski definition) is 14. The zero-order chi connectivity index (χ0) is 61.9. The van der Waals surface area contributed by atoms with Crippen LogP contribution < -0.4 is 9.47 Å². The van der Waals surface area contributed by atoms with Crippen molar-refractivity contribution in [1.29, 1.82) is 0 Å². The van der Waals surface area contributed by atoms with E-state index in [2.05, 4.69) is 0 Å². The quantitative estimate of drug-likeness (QED) is 0.0458. The minimum Gasteiger partial charge on any atom is -0.491 e. The summed E-state index contributed by atoms with van der Waals surface area (Å²) in [6.45, 7) is 2.91. The Kier molecular flexibility index (Phi) is 17.3. The van der Waals surface area contributed by atoms with Crippen molar-refractivity contribution >= 4 is 23.2 Å². The van der Waals surface area contributed by atoms with Gasteiger partial charge >= 0.3 is 0 Å². The largest absolute Gasteiger partial charge is 0.491 e. The van der Waals surface area contributed by atoms with E-state index in [1.165, 1.54) is 42.5 Å². The molecular formula is C65H66Cl2F2O14. The maximum Gasteiger partial charge on any atom is 0.225 e. The molecule has 18 heteroatoms. The van der Waals surface area contributed by atoms with Gasteiger partial charge in [0.2, 0.25) is 11.6 Å². The summed E-state index contributed by atoms with van der Waals surface area (Å²) in [6.07, 6.45) is -12.3. The zero-order valence-corrected chi connectivity index (χ0v) is 46.9. The molecule has 0 unspecified atom stereocenters. The van der Waals surface area contributed by atoms with Crippen molar-refractivity contribution < 1.29 is 82.4 Å². The van der Waals surface area contributed by atoms with Gasteiger partial charge in [-0.15, -0.1) is 0 Å². The maximum atomic E-state index is 15.0. The summed E-state index contributed by atoms with van der Waals surface area (Å²) in [4.78, 5) is 0. The highest BCUT2D eigenvalue weighted by atomic mass is 35.5. The molecule has 4 heterocycles. The van der Waals surface area contributed by atoms with Crippen molar-refractivity contribution in [2.24, 2.45) is 0 Å². The molecule has 4 bridgehead atoms. The van der Waals surface area contributed by atoms with E-state index >= 15 is 4.39 Å². The third kappa shape index (κ3) is 12.5. The van der Waals surface area contributed by atoms with E-state index in [-0.39, 0.29) is 95.6 Å². The smallest absolute Gasteiger partial charge is 0.225 e. The van der Waals surface area contributed by atoms with Crippen LogP contribution in [0.5, 0.6) is 11.5 Å². The number of fused-ring (bicyclic) bond motifs is 4. The average molecular weight is 1180 g/mol. The Morgan fingerprint density at radius 3 is 1.42 bits per heavy atom. The molecular weight excluding hydrogens is 1110 g/mol. The second kappa shape index (κ2) is 26.2. The molecule has 438 valence electrons. The maximum absolute atomic E-state index is 15.0. The summed E-state index contributed by atoms with van der Waals surface area (Å²) in [5.74, 6) is -5.12. The van der Waals surface area contributed by atoms with Gasteiger partial charge in [-0.05, 0) is 114 Å². The molecule has 4 aliphatic rings. The van der Waals surface area contributed by atoms with Crippen molar-refractivity contribution in [1.82, 2.24) is 0 Å². The number of hydrogen-bond donors (Lipinski definition) is 5. The van der Waals surface area contributed by atoms with Crippen LogP contribution in [0.1, 0.15) is 69.4 Å². The minimum absolute atomic E-state index is 0.0123. The fourth-order valence-electron chi connectivity index (χ4n) is 10.7. The van der Waals surface area contributed by atoms with Crippen LogP contribution in [-0.4, -0.2) is 113 Å². The van der Waals surface area contributed by atoms with Crippen molar-refractivity contribution in [3.8, 4) is 11.5 Å². The van der Waals surface area contributed by atoms with Crippen LogP contribution >= 0.6 is 23.2 Å². The second-order valence-electron chi connectivity index (χ2n) is 20.4. The molecule has 0 radical (unpaired) electrons. The first kappa shape index (κ1) is 55.0. The summed E-state index contributed by atoms with van der Waals surface area (Å²) < 4.78 is 121. The predicted octanol–water partition coefficient (Wildman–Crippen LogP) is 9.66. The van der Waals surface area contributed by atoms with E-state index in [0.29, 0.717) is 5.56 Å². The normalized spacial score (nSPS) is 28.0. The molecule has 10 atom stereocenters. The third-order valence-electron chi connectivity index (χ3n) is 15.0. The van der Waals surface area contributed by atoms with E-state index in [9.17, 15) is 32.7 Å². The highest BCUT2D eigenvalue weighted by Crippen LogP contribution is 2.54. The van der Waals surface area contributed by atoms with Crippen LogP contribution in [0.2, 0.25) is 10.0 Å². The standard InChI is InChI=1S/C43H42ClFO7.C22H24ClFO7/c1-2-47-38-21-18-33(23-37(38)45)22-34-24-35(19-20-36(34)44)43-41(50-27-32-16-10-5-11-17-32)39(48-25-30-12-6-3-7-13-30)40(42(28-46,52-43)29-51-43)49-26-31-14-8-4-9-15-31;1-2-29-17-6-3-12(8-16(17)24)7-13-9-14(4-5-15(13)23)22-20(28)18(26)19(27)21(10-25,31-22)11-30-22/h3-21,23-24,39-41,46H,2,22,25-29H2,1H3;3-6,8-9,18-20,25-28H,2,7,10-11H2,1H3/t39-,40-,41+,42+,43+;18-,19-,20+,21+,22+/m00/s1/i22D2;7D2. The summed E-state index contributed by atoms with van der Waals surface area (Å²) in [7, 11) is 0. The van der Waals surface area contributed by atoms with Crippen LogP contribution in [0.4, 0.5) is 8.78 Å². The number of aliphatic hydroxyl groups is 5. The molecule has 0 aliphatic carbocycles. The molecule has 0 spiro atoms. The number of aliphatic hydroxyl groups excluding tert-OH is 5. The number of halogens is 4. The van der Waals surface area contributed by atoms with E-state index in [1.54, 1.807) is 32.0 Å². The monoisotopic (exact) mass is 1180 g/mol. The number of ether oxygens (including phenoxy) is 9. The first-order valence-corrected chi connectivity index (χ1v) is 27.8. The Hall–Kier alpha value is -5.90. The van der Waals surface area contributed by atoms with E-state index in [4.69, 9.17) is 68.6 Å². The zero-order valence-electron chi connectivity index (χ0n) is 49.3. The molecule has 7 aromatic rings. The summed E-state index contributed by atoms with van der Waals surface area (Å²) in [5.41, 5.74) is 0.119. The van der Waals surface area contributed by atoms with Gasteiger partial charge in [-0.2, -0.15) is 0 Å². The molecule has 14 nitrogen and oxygen atoms in total. The summed E-state index contributed by atoms with van der Waals surface area (Å²) in [5, 5.41) is 52.5. The van der Waals surface area contributed by atoms with E-state index < -0.39 is 97.0 Å². The lowest BCUT2D eigenvalue weighted by Gasteiger charge is -2.50. The molecule has 0 aromatic heterocycles. The Bertz CT molecular complexity index is 3500. The van der Waals surface area contributed by atoms with E-state index in [0.717, 1.165) is 28.8 Å². The topological polar surface area (TPSA) is 184 Å². The Balaban J connectivity index is 0.000000217. The summed E-state index contributed by atoms with van der Waals surface area (Å²) >= 11 is 13.0. The summed E-state index contributed by atoms with van der Waals surface area (Å²) in [6, 6.07) is 45.6. The van der Waals surface area contributed by atoms with Crippen LogP contribution in [0.3, 0.4) is 0 Å². The van der Waals surface area contributed by atoms with Crippen LogP contribution in [0.25, 0.3) is 0 Å². The van der Waals surface area contributed by atoms with Gasteiger partial charge in [0.1, 0.15) is 47.8 Å². The van der Waals surface area contributed by atoms with Crippen LogP contribution in [-0.2, 0) is 77.3 Å². The van der Waals surface area contributed by atoms with Gasteiger partial charge < -0.3 is 68.2 Å². The Labute approximate surface area is 496 Å². The molecule has 4 fully saturated rings. The van der Waals surface area contributed by atoms with Gasteiger partial charge in [-0.1, -0.05) is 138 Å². The first-order chi connectivity index (χ1) is 41.7. The highest BCUT2D eigenvalue weighted by molar-refractivity contribution is 6.31. The number of rotatable bonds is 21. The van der Waals surface area contributed by atoms with Crippen molar-refractivity contribution in [3.63, 3.8) is 0 Å². The SMILES string of the molecule is [2H]C([2H])(c1ccc(OCC)c(F)c1)c1cc([C@@]23OC[C@@](CO)(O2)[C@@H](O)[C@H](O)[C@H]3O)ccc1Cl.[2H]C([2H])(c1ccc(OCC)c(F)c1)c1cc([C@@]23OC[C@@](CO)(O2)[C@@H](OCc2ccccc2)[C@H](OCc2ccccc2)[C@H]3OCc2ccccc2)ccc1Cl. The molecule has 83 heavy (non-hydrogen) atoms. The highest BCUT2D eigenvalue weighted by Gasteiger charge is 2.70. The Morgan fingerprint density at radius 1 is 0.518 bits per heavy atom.